The average molecular weight is 313 g/mol. The summed E-state index contributed by atoms with van der Waals surface area (Å²) in [6.07, 6.45) is 0. The topological polar surface area (TPSA) is 79.0 Å². The minimum Gasteiger partial charge on any atom is -0.482 e. The number of likely N-dealkylation sites (N-methyl/N-ethyl adjacent to an activating group) is 2. The van der Waals surface area contributed by atoms with Gasteiger partial charge in [-0.3, -0.25) is 4.79 Å². The van der Waals surface area contributed by atoms with Gasteiger partial charge in [0.15, 0.2) is 6.61 Å². The van der Waals surface area contributed by atoms with Gasteiger partial charge in [-0.05, 0) is 32.3 Å². The Kier molecular flexibility index (Phi) is 4.50. The van der Waals surface area contributed by atoms with Crippen LogP contribution in [0.25, 0.3) is 0 Å². The number of nitrogens with one attached hydrogen (secondary N) is 1. The molecule has 7 nitrogen and oxygen atoms in total. The lowest BCUT2D eigenvalue weighted by atomic mass is 10.2. The number of fused-ring (bicyclic) bond motifs is 1. The van der Waals surface area contributed by atoms with Crippen molar-refractivity contribution < 1.29 is 17.9 Å². The van der Waals surface area contributed by atoms with Crippen molar-refractivity contribution in [1.29, 1.82) is 0 Å². The number of hydrogen-bond donors (Lipinski definition) is 1. The second-order valence-electron chi connectivity index (χ2n) is 5.07. The Labute approximate surface area is 124 Å². The van der Waals surface area contributed by atoms with Crippen molar-refractivity contribution in [2.24, 2.45) is 0 Å². The van der Waals surface area contributed by atoms with Gasteiger partial charge in [-0.25, -0.2) is 13.1 Å². The summed E-state index contributed by atoms with van der Waals surface area (Å²) in [5, 5.41) is 0. The lowest BCUT2D eigenvalue weighted by Crippen LogP contribution is -2.36. The van der Waals surface area contributed by atoms with Gasteiger partial charge in [-0.1, -0.05) is 0 Å². The van der Waals surface area contributed by atoms with E-state index < -0.39 is 10.0 Å². The molecule has 0 fully saturated rings. The van der Waals surface area contributed by atoms with E-state index in [1.165, 1.54) is 17.0 Å². The van der Waals surface area contributed by atoms with Gasteiger partial charge in [0.1, 0.15) is 5.75 Å². The highest BCUT2D eigenvalue weighted by atomic mass is 32.2. The molecule has 0 aromatic heterocycles. The first-order chi connectivity index (χ1) is 9.81. The van der Waals surface area contributed by atoms with Crippen molar-refractivity contribution in [3.63, 3.8) is 0 Å². The molecule has 1 N–H and O–H groups in total. The molecule has 1 heterocycles. The molecule has 0 unspecified atom stereocenters. The molecule has 0 saturated heterocycles. The Bertz CT molecular complexity index is 643. The zero-order chi connectivity index (χ0) is 15.6. The van der Waals surface area contributed by atoms with Crippen molar-refractivity contribution in [2.75, 3.05) is 45.7 Å². The zero-order valence-corrected chi connectivity index (χ0v) is 13.1. The van der Waals surface area contributed by atoms with Gasteiger partial charge < -0.3 is 14.5 Å². The van der Waals surface area contributed by atoms with Crippen LogP contribution in [0.2, 0.25) is 0 Å². The summed E-state index contributed by atoms with van der Waals surface area (Å²) in [6.45, 7) is 0.889. The molecule has 1 aromatic rings. The summed E-state index contributed by atoms with van der Waals surface area (Å²) in [5.41, 5.74) is 0.460. The highest BCUT2D eigenvalue weighted by molar-refractivity contribution is 7.89. The molecule has 1 aliphatic heterocycles. The SMILES string of the molecule is CN(C)CCNS(=O)(=O)c1ccc2c(c1)N(C)C(=O)CO2. The normalized spacial score (nSPS) is 15.0. The van der Waals surface area contributed by atoms with E-state index in [9.17, 15) is 13.2 Å². The molecule has 1 amide bonds. The monoisotopic (exact) mass is 313 g/mol. The molecule has 0 aliphatic carbocycles. The summed E-state index contributed by atoms with van der Waals surface area (Å²) in [7, 11) is 1.73. The molecule has 8 heteroatoms. The molecule has 0 bridgehead atoms. The smallest absolute Gasteiger partial charge is 0.264 e. The van der Waals surface area contributed by atoms with Gasteiger partial charge in [-0.2, -0.15) is 0 Å². The van der Waals surface area contributed by atoms with Crippen molar-refractivity contribution >= 4 is 21.6 Å². The number of benzene rings is 1. The van der Waals surface area contributed by atoms with Gasteiger partial charge in [0.25, 0.3) is 5.91 Å². The van der Waals surface area contributed by atoms with E-state index >= 15 is 0 Å². The first kappa shape index (κ1) is 15.7. The third kappa shape index (κ3) is 3.52. The van der Waals surface area contributed by atoms with Crippen LogP contribution in [0.4, 0.5) is 5.69 Å². The fraction of sp³-hybridized carbons (Fsp3) is 0.462. The van der Waals surface area contributed by atoms with Gasteiger partial charge in [0.2, 0.25) is 10.0 Å². The molecule has 0 spiro atoms. The second kappa shape index (κ2) is 6.00. The molecular formula is C13H19N3O4S. The van der Waals surface area contributed by atoms with Crippen LogP contribution in [-0.2, 0) is 14.8 Å². The van der Waals surface area contributed by atoms with Crippen molar-refractivity contribution in [3.05, 3.63) is 18.2 Å². The predicted molar refractivity (Wildman–Crippen MR) is 79.1 cm³/mol. The van der Waals surface area contributed by atoms with Crippen LogP contribution in [0.1, 0.15) is 0 Å². The van der Waals surface area contributed by atoms with E-state index in [1.807, 2.05) is 19.0 Å². The minimum atomic E-state index is -3.60. The van der Waals surface area contributed by atoms with Crippen LogP contribution < -0.4 is 14.4 Å². The fourth-order valence-electron chi connectivity index (χ4n) is 1.91. The van der Waals surface area contributed by atoms with Crippen LogP contribution in [0, 0.1) is 0 Å². The largest absolute Gasteiger partial charge is 0.482 e. The quantitative estimate of drug-likeness (QED) is 0.820. The van der Waals surface area contributed by atoms with Gasteiger partial charge in [0, 0.05) is 20.1 Å². The highest BCUT2D eigenvalue weighted by Crippen LogP contribution is 2.33. The van der Waals surface area contributed by atoms with Crippen molar-refractivity contribution in [3.8, 4) is 5.75 Å². The summed E-state index contributed by atoms with van der Waals surface area (Å²) < 4.78 is 32.2. The average Bonchev–Trinajstić information content (AvgIpc) is 2.42. The lowest BCUT2D eigenvalue weighted by Gasteiger charge is -2.26. The maximum absolute atomic E-state index is 12.2. The van der Waals surface area contributed by atoms with E-state index in [2.05, 4.69) is 4.72 Å². The maximum atomic E-state index is 12.2. The van der Waals surface area contributed by atoms with Gasteiger partial charge in [0.05, 0.1) is 10.6 Å². The Hall–Kier alpha value is -1.64. The molecule has 0 atom stereocenters. The number of carbonyl (C=O) groups excluding carboxylic acids is 1. The maximum Gasteiger partial charge on any atom is 0.264 e. The number of amides is 1. The number of ether oxygens (including phenoxy) is 1. The van der Waals surface area contributed by atoms with Crippen LogP contribution in [0.15, 0.2) is 23.1 Å². The number of anilines is 1. The highest BCUT2D eigenvalue weighted by Gasteiger charge is 2.24. The minimum absolute atomic E-state index is 0.0311. The van der Waals surface area contributed by atoms with E-state index in [0.717, 1.165) is 0 Å². The Morgan fingerprint density at radius 2 is 2.10 bits per heavy atom. The van der Waals surface area contributed by atoms with Crippen LogP contribution in [0.5, 0.6) is 5.75 Å². The second-order valence-corrected chi connectivity index (χ2v) is 6.84. The molecule has 1 aromatic carbocycles. The Morgan fingerprint density at radius 3 is 2.76 bits per heavy atom. The molecular weight excluding hydrogens is 294 g/mol. The van der Waals surface area contributed by atoms with Gasteiger partial charge in [-0.15, -0.1) is 0 Å². The third-order valence-electron chi connectivity index (χ3n) is 3.18. The molecule has 0 saturated carbocycles. The predicted octanol–water partition coefficient (Wildman–Crippen LogP) is -0.118. The summed E-state index contributed by atoms with van der Waals surface area (Å²) in [5.74, 6) is 0.293. The van der Waals surface area contributed by atoms with E-state index in [1.54, 1.807) is 13.1 Å². The standard InChI is InChI=1S/C13H19N3O4S/c1-15(2)7-6-14-21(18,19)10-4-5-12-11(8-10)16(3)13(17)9-20-12/h4-5,8,14H,6-7,9H2,1-3H3. The zero-order valence-electron chi connectivity index (χ0n) is 12.3. The molecule has 1 aliphatic rings. The molecule has 0 radical (unpaired) electrons. The number of carbonyl (C=O) groups is 1. The van der Waals surface area contributed by atoms with Crippen LogP contribution in [-0.4, -0.2) is 60.1 Å². The van der Waals surface area contributed by atoms with Crippen molar-refractivity contribution in [2.45, 2.75) is 4.90 Å². The summed E-state index contributed by atoms with van der Waals surface area (Å²) in [4.78, 5) is 15.0. The number of sulfonamides is 1. The van der Waals surface area contributed by atoms with Gasteiger partial charge >= 0.3 is 0 Å². The third-order valence-corrected chi connectivity index (χ3v) is 4.64. The molecule has 116 valence electrons. The summed E-state index contributed by atoms with van der Waals surface area (Å²) in [6, 6.07) is 4.49. The Balaban J connectivity index is 2.23. The van der Waals surface area contributed by atoms with E-state index in [-0.39, 0.29) is 17.4 Å². The lowest BCUT2D eigenvalue weighted by molar-refractivity contribution is -0.120. The van der Waals surface area contributed by atoms with Crippen LogP contribution in [0.3, 0.4) is 0 Å². The molecule has 21 heavy (non-hydrogen) atoms. The number of hydrogen-bond acceptors (Lipinski definition) is 5. The first-order valence-electron chi connectivity index (χ1n) is 6.49. The fourth-order valence-corrected chi connectivity index (χ4v) is 2.95. The first-order valence-corrected chi connectivity index (χ1v) is 7.97. The Morgan fingerprint density at radius 1 is 1.38 bits per heavy atom. The number of nitrogens with zero attached hydrogens (tertiary/aromatic N) is 2. The number of rotatable bonds is 5. The van der Waals surface area contributed by atoms with Crippen molar-refractivity contribution in [1.82, 2.24) is 9.62 Å². The van der Waals surface area contributed by atoms with E-state index in [0.29, 0.717) is 24.5 Å². The van der Waals surface area contributed by atoms with Crippen LogP contribution >= 0.6 is 0 Å². The van der Waals surface area contributed by atoms with E-state index in [4.69, 9.17) is 4.74 Å². The molecule has 2 rings (SSSR count). The summed E-state index contributed by atoms with van der Waals surface area (Å²) >= 11 is 0.